The van der Waals surface area contributed by atoms with Crippen LogP contribution in [0.25, 0.3) is 10.6 Å². The highest BCUT2D eigenvalue weighted by molar-refractivity contribution is 9.10. The molecule has 3 rings (SSSR count). The molecule has 0 aliphatic heterocycles. The number of benzene rings is 2. The van der Waals surface area contributed by atoms with Crippen molar-refractivity contribution in [1.82, 2.24) is 10.2 Å². The van der Waals surface area contributed by atoms with Crippen LogP contribution in [-0.2, 0) is 6.54 Å². The van der Waals surface area contributed by atoms with Crippen molar-refractivity contribution in [3.05, 3.63) is 58.6 Å². The van der Waals surface area contributed by atoms with Crippen LogP contribution >= 0.6 is 27.3 Å². The van der Waals surface area contributed by atoms with Crippen molar-refractivity contribution in [3.63, 3.8) is 0 Å². The molecule has 4 nitrogen and oxygen atoms in total. The van der Waals surface area contributed by atoms with Crippen LogP contribution in [-0.4, -0.2) is 17.3 Å². The van der Waals surface area contributed by atoms with Gasteiger partial charge in [-0.15, -0.1) is 10.2 Å². The minimum absolute atomic E-state index is 0.727. The summed E-state index contributed by atoms with van der Waals surface area (Å²) in [6.45, 7) is 0.727. The number of hydrogen-bond donors (Lipinski definition) is 1. The van der Waals surface area contributed by atoms with Gasteiger partial charge < -0.3 is 10.1 Å². The molecule has 0 saturated carbocycles. The molecular weight excluding hydrogens is 362 g/mol. The normalized spacial score (nSPS) is 10.5. The average molecular weight is 376 g/mol. The second-order valence-corrected chi connectivity index (χ2v) is 6.49. The molecule has 0 spiro atoms. The Morgan fingerprint density at radius 2 is 1.95 bits per heavy atom. The second kappa shape index (κ2) is 6.89. The van der Waals surface area contributed by atoms with E-state index in [0.29, 0.717) is 0 Å². The van der Waals surface area contributed by atoms with Crippen LogP contribution in [0.1, 0.15) is 5.56 Å². The van der Waals surface area contributed by atoms with Crippen molar-refractivity contribution >= 4 is 32.4 Å². The van der Waals surface area contributed by atoms with Crippen molar-refractivity contribution in [1.29, 1.82) is 0 Å². The summed E-state index contributed by atoms with van der Waals surface area (Å²) in [5.41, 5.74) is 2.14. The highest BCUT2D eigenvalue weighted by Crippen LogP contribution is 2.35. The first kappa shape index (κ1) is 15.0. The Morgan fingerprint density at radius 1 is 1.14 bits per heavy atom. The zero-order valence-electron chi connectivity index (χ0n) is 11.9. The smallest absolute Gasteiger partial charge is 0.206 e. The molecule has 0 amide bonds. The van der Waals surface area contributed by atoms with Gasteiger partial charge in [0, 0.05) is 11.0 Å². The number of rotatable bonds is 5. The van der Waals surface area contributed by atoms with Crippen LogP contribution in [0.15, 0.2) is 53.0 Å². The van der Waals surface area contributed by atoms with Gasteiger partial charge in [0.25, 0.3) is 0 Å². The summed E-state index contributed by atoms with van der Waals surface area (Å²) in [5.74, 6) is 0.786. The lowest BCUT2D eigenvalue weighted by Crippen LogP contribution is -1.98. The number of anilines is 1. The highest BCUT2D eigenvalue weighted by atomic mass is 79.9. The van der Waals surface area contributed by atoms with E-state index in [1.807, 2.05) is 36.4 Å². The Bertz CT molecular complexity index is 761. The average Bonchev–Trinajstić information content (AvgIpc) is 3.03. The van der Waals surface area contributed by atoms with Crippen molar-refractivity contribution in [2.75, 3.05) is 12.4 Å². The Morgan fingerprint density at radius 3 is 2.73 bits per heavy atom. The molecule has 0 aliphatic rings. The maximum absolute atomic E-state index is 5.39. The van der Waals surface area contributed by atoms with E-state index in [-0.39, 0.29) is 0 Å². The molecule has 0 bridgehead atoms. The van der Waals surface area contributed by atoms with E-state index >= 15 is 0 Å². The van der Waals surface area contributed by atoms with E-state index in [1.54, 1.807) is 7.11 Å². The molecule has 1 N–H and O–H groups in total. The number of nitrogens with zero attached hydrogens (tertiary/aromatic N) is 2. The van der Waals surface area contributed by atoms with Gasteiger partial charge in [-0.2, -0.15) is 0 Å². The minimum atomic E-state index is 0.727. The summed E-state index contributed by atoms with van der Waals surface area (Å²) < 4.78 is 6.37. The largest absolute Gasteiger partial charge is 0.496 e. The lowest BCUT2D eigenvalue weighted by molar-refractivity contribution is 0.416. The first-order valence-electron chi connectivity index (χ1n) is 6.71. The Balaban J connectivity index is 1.78. The molecule has 0 aliphatic carbocycles. The van der Waals surface area contributed by atoms with Gasteiger partial charge in [0.05, 0.1) is 12.7 Å². The molecule has 22 heavy (non-hydrogen) atoms. The van der Waals surface area contributed by atoms with Crippen LogP contribution < -0.4 is 10.1 Å². The summed E-state index contributed by atoms with van der Waals surface area (Å²) >= 11 is 4.99. The molecular formula is C16H14BrN3OS. The summed E-state index contributed by atoms with van der Waals surface area (Å²) in [5, 5.41) is 13.4. The fraction of sp³-hybridized carbons (Fsp3) is 0.125. The number of aromatic nitrogens is 2. The first-order chi connectivity index (χ1) is 10.8. The fourth-order valence-corrected chi connectivity index (χ4v) is 3.15. The molecule has 0 atom stereocenters. The van der Waals surface area contributed by atoms with Gasteiger partial charge in [-0.05, 0) is 23.8 Å². The molecule has 1 aromatic heterocycles. The monoisotopic (exact) mass is 375 g/mol. The van der Waals surface area contributed by atoms with Crippen LogP contribution in [0.2, 0.25) is 0 Å². The molecule has 6 heteroatoms. The fourth-order valence-electron chi connectivity index (χ4n) is 2.02. The number of halogens is 1. The van der Waals surface area contributed by atoms with Crippen molar-refractivity contribution in [3.8, 4) is 16.3 Å². The Kier molecular flexibility index (Phi) is 4.70. The molecule has 2 aromatic carbocycles. The van der Waals surface area contributed by atoms with Gasteiger partial charge in [-0.3, -0.25) is 0 Å². The van der Waals surface area contributed by atoms with Crippen molar-refractivity contribution in [2.24, 2.45) is 0 Å². The maximum Gasteiger partial charge on any atom is 0.206 e. The number of nitrogens with one attached hydrogen (secondary N) is 1. The third-order valence-corrected chi connectivity index (χ3v) is 4.51. The summed E-state index contributed by atoms with van der Waals surface area (Å²) in [6.07, 6.45) is 0. The van der Waals surface area contributed by atoms with Gasteiger partial charge in [0.2, 0.25) is 5.13 Å². The molecule has 0 unspecified atom stereocenters. The van der Waals surface area contributed by atoms with Crippen LogP contribution in [0.3, 0.4) is 0 Å². The van der Waals surface area contributed by atoms with E-state index in [0.717, 1.165) is 32.5 Å². The summed E-state index contributed by atoms with van der Waals surface area (Å²) in [6, 6.07) is 16.0. The summed E-state index contributed by atoms with van der Waals surface area (Å²) in [4.78, 5) is 0. The van der Waals surface area contributed by atoms with Gasteiger partial charge in [0.15, 0.2) is 5.01 Å². The van der Waals surface area contributed by atoms with Gasteiger partial charge in [-0.1, -0.05) is 57.6 Å². The predicted octanol–water partition coefficient (Wildman–Crippen LogP) is 4.59. The predicted molar refractivity (Wildman–Crippen MR) is 93.4 cm³/mol. The minimum Gasteiger partial charge on any atom is -0.496 e. The second-order valence-electron chi connectivity index (χ2n) is 4.60. The number of ether oxygens (including phenoxy) is 1. The van der Waals surface area contributed by atoms with Crippen LogP contribution in [0.4, 0.5) is 5.13 Å². The molecule has 112 valence electrons. The van der Waals surface area contributed by atoms with Gasteiger partial charge in [0.1, 0.15) is 5.75 Å². The van der Waals surface area contributed by atoms with E-state index in [9.17, 15) is 0 Å². The molecule has 0 radical (unpaired) electrons. The number of methoxy groups -OCH3 is 1. The topological polar surface area (TPSA) is 47.0 Å². The van der Waals surface area contributed by atoms with E-state index in [1.165, 1.54) is 16.9 Å². The Hall–Kier alpha value is -1.92. The molecule has 0 saturated heterocycles. The zero-order valence-corrected chi connectivity index (χ0v) is 14.3. The SMILES string of the molecule is COc1ccc(Br)cc1-c1nnc(NCc2ccccc2)s1. The lowest BCUT2D eigenvalue weighted by atomic mass is 10.2. The van der Waals surface area contributed by atoms with Crippen LogP contribution in [0, 0.1) is 0 Å². The zero-order chi connectivity index (χ0) is 15.4. The van der Waals surface area contributed by atoms with Crippen molar-refractivity contribution in [2.45, 2.75) is 6.54 Å². The lowest BCUT2D eigenvalue weighted by Gasteiger charge is -2.05. The van der Waals surface area contributed by atoms with Crippen LogP contribution in [0.5, 0.6) is 5.75 Å². The van der Waals surface area contributed by atoms with Gasteiger partial charge in [-0.25, -0.2) is 0 Å². The molecule has 1 heterocycles. The summed E-state index contributed by atoms with van der Waals surface area (Å²) in [7, 11) is 1.66. The van der Waals surface area contributed by atoms with E-state index in [2.05, 4.69) is 43.6 Å². The molecule has 0 fully saturated rings. The Labute approximate surface area is 141 Å². The maximum atomic E-state index is 5.39. The third-order valence-electron chi connectivity index (χ3n) is 3.10. The van der Waals surface area contributed by atoms with E-state index in [4.69, 9.17) is 4.74 Å². The standard InChI is InChI=1S/C16H14BrN3OS/c1-21-14-8-7-12(17)9-13(14)15-19-20-16(22-15)18-10-11-5-3-2-4-6-11/h2-9H,10H2,1H3,(H,18,20). The third kappa shape index (κ3) is 3.45. The van der Waals surface area contributed by atoms with Crippen molar-refractivity contribution < 1.29 is 4.74 Å². The van der Waals surface area contributed by atoms with Gasteiger partial charge >= 0.3 is 0 Å². The quantitative estimate of drug-likeness (QED) is 0.708. The van der Waals surface area contributed by atoms with E-state index < -0.39 is 0 Å². The molecule has 3 aromatic rings. The first-order valence-corrected chi connectivity index (χ1v) is 8.32. The number of hydrogen-bond acceptors (Lipinski definition) is 5. The highest BCUT2D eigenvalue weighted by Gasteiger charge is 2.12.